The first kappa shape index (κ1) is 13.1. The van der Waals surface area contributed by atoms with Gasteiger partial charge in [-0.25, -0.2) is 4.98 Å². The van der Waals surface area contributed by atoms with Crippen LogP contribution in [0.25, 0.3) is 0 Å². The van der Waals surface area contributed by atoms with Gasteiger partial charge in [0.15, 0.2) is 0 Å². The summed E-state index contributed by atoms with van der Waals surface area (Å²) < 4.78 is 1.96. The molecule has 0 saturated carbocycles. The predicted molar refractivity (Wildman–Crippen MR) is 72.8 cm³/mol. The van der Waals surface area contributed by atoms with Gasteiger partial charge < -0.3 is 9.67 Å². The van der Waals surface area contributed by atoms with Gasteiger partial charge in [-0.15, -0.1) is 0 Å². The van der Waals surface area contributed by atoms with Crippen molar-refractivity contribution in [3.05, 3.63) is 52.6 Å². The summed E-state index contributed by atoms with van der Waals surface area (Å²) in [5.41, 5.74) is 1.78. The number of hydrogen-bond donors (Lipinski definition) is 1. The van der Waals surface area contributed by atoms with Crippen molar-refractivity contribution in [2.45, 2.75) is 32.9 Å². The van der Waals surface area contributed by atoms with Crippen LogP contribution in [0.15, 0.2) is 30.6 Å². The molecule has 1 unspecified atom stereocenters. The van der Waals surface area contributed by atoms with E-state index < -0.39 is 6.10 Å². The topological polar surface area (TPSA) is 38.0 Å². The van der Waals surface area contributed by atoms with Crippen LogP contribution in [-0.4, -0.2) is 14.7 Å². The van der Waals surface area contributed by atoms with Gasteiger partial charge in [-0.3, -0.25) is 0 Å². The number of hydrogen-bond acceptors (Lipinski definition) is 2. The van der Waals surface area contributed by atoms with Crippen molar-refractivity contribution in [1.29, 1.82) is 0 Å². The summed E-state index contributed by atoms with van der Waals surface area (Å²) in [4.78, 5) is 4.23. The second-order valence-electron chi connectivity index (χ2n) is 4.41. The smallest absolute Gasteiger partial charge is 0.142 e. The molecule has 0 saturated heterocycles. The largest absolute Gasteiger partial charge is 0.380 e. The summed E-state index contributed by atoms with van der Waals surface area (Å²) in [6.45, 7) is 4.91. The molecule has 96 valence electrons. The summed E-state index contributed by atoms with van der Waals surface area (Å²) in [5, 5.41) is 11.0. The van der Waals surface area contributed by atoms with Crippen LogP contribution in [0.2, 0.25) is 5.02 Å². The van der Waals surface area contributed by atoms with Gasteiger partial charge in [-0.2, -0.15) is 0 Å². The first-order chi connectivity index (χ1) is 8.63. The first-order valence-electron chi connectivity index (χ1n) is 6.08. The zero-order valence-corrected chi connectivity index (χ0v) is 11.4. The van der Waals surface area contributed by atoms with Crippen molar-refractivity contribution in [3.63, 3.8) is 0 Å². The fraction of sp³-hybridized carbons (Fsp3) is 0.357. The molecule has 2 aromatic rings. The van der Waals surface area contributed by atoms with Crippen molar-refractivity contribution in [1.82, 2.24) is 9.55 Å². The number of halogens is 1. The Morgan fingerprint density at radius 3 is 2.89 bits per heavy atom. The molecular formula is C14H17ClN2O. The Bertz CT molecular complexity index is 536. The molecule has 3 nitrogen and oxygen atoms in total. The summed E-state index contributed by atoms with van der Waals surface area (Å²) in [6.07, 6.45) is 3.80. The third-order valence-electron chi connectivity index (χ3n) is 2.91. The SMILES string of the molecule is CCCn1ccnc1C(O)c1ccc(C)cc1Cl. The van der Waals surface area contributed by atoms with Crippen LogP contribution in [0.4, 0.5) is 0 Å². The number of benzene rings is 1. The number of rotatable bonds is 4. The minimum absolute atomic E-state index is 0.577. The van der Waals surface area contributed by atoms with Gasteiger partial charge in [0.05, 0.1) is 0 Å². The molecular weight excluding hydrogens is 248 g/mol. The molecule has 2 rings (SSSR count). The molecule has 0 aliphatic heterocycles. The minimum atomic E-state index is -0.778. The van der Waals surface area contributed by atoms with E-state index in [2.05, 4.69) is 11.9 Å². The summed E-state index contributed by atoms with van der Waals surface area (Å²) >= 11 is 6.17. The van der Waals surface area contributed by atoms with Crippen LogP contribution in [0.5, 0.6) is 0 Å². The number of aromatic nitrogens is 2. The second kappa shape index (κ2) is 5.55. The maximum Gasteiger partial charge on any atom is 0.142 e. The lowest BCUT2D eigenvalue weighted by Crippen LogP contribution is -2.10. The summed E-state index contributed by atoms with van der Waals surface area (Å²) in [6, 6.07) is 5.65. The number of aryl methyl sites for hydroxylation is 2. The highest BCUT2D eigenvalue weighted by molar-refractivity contribution is 6.31. The zero-order valence-electron chi connectivity index (χ0n) is 10.6. The molecule has 0 bridgehead atoms. The normalized spacial score (nSPS) is 12.7. The van der Waals surface area contributed by atoms with Gasteiger partial charge >= 0.3 is 0 Å². The Morgan fingerprint density at radius 2 is 2.22 bits per heavy atom. The van der Waals surface area contributed by atoms with Crippen molar-refractivity contribution in [2.75, 3.05) is 0 Å². The van der Waals surface area contributed by atoms with E-state index in [1.54, 1.807) is 6.20 Å². The van der Waals surface area contributed by atoms with Crippen LogP contribution < -0.4 is 0 Å². The fourth-order valence-corrected chi connectivity index (χ4v) is 2.33. The Labute approximate surface area is 112 Å². The molecule has 0 spiro atoms. The highest BCUT2D eigenvalue weighted by Gasteiger charge is 2.18. The van der Waals surface area contributed by atoms with Crippen LogP contribution in [0, 0.1) is 6.92 Å². The molecule has 0 amide bonds. The second-order valence-corrected chi connectivity index (χ2v) is 4.81. The van der Waals surface area contributed by atoms with E-state index in [1.165, 1.54) is 0 Å². The average Bonchev–Trinajstić information content (AvgIpc) is 2.77. The van der Waals surface area contributed by atoms with Crippen molar-refractivity contribution >= 4 is 11.6 Å². The Hall–Kier alpha value is -1.32. The third kappa shape index (κ3) is 2.57. The number of nitrogens with zero attached hydrogens (tertiary/aromatic N) is 2. The maximum absolute atomic E-state index is 10.4. The lowest BCUT2D eigenvalue weighted by Gasteiger charge is -2.14. The first-order valence-corrected chi connectivity index (χ1v) is 6.46. The van der Waals surface area contributed by atoms with Gasteiger partial charge in [0.25, 0.3) is 0 Å². The quantitative estimate of drug-likeness (QED) is 0.920. The number of aliphatic hydroxyl groups excluding tert-OH is 1. The molecule has 0 fully saturated rings. The average molecular weight is 265 g/mol. The molecule has 18 heavy (non-hydrogen) atoms. The zero-order chi connectivity index (χ0) is 13.1. The highest BCUT2D eigenvalue weighted by Crippen LogP contribution is 2.28. The van der Waals surface area contributed by atoms with Crippen molar-refractivity contribution in [3.8, 4) is 0 Å². The van der Waals surface area contributed by atoms with E-state index in [4.69, 9.17) is 11.6 Å². The van der Waals surface area contributed by atoms with Gasteiger partial charge in [0.1, 0.15) is 11.9 Å². The van der Waals surface area contributed by atoms with Crippen LogP contribution in [0.1, 0.15) is 36.4 Å². The lowest BCUT2D eigenvalue weighted by molar-refractivity contribution is 0.204. The summed E-state index contributed by atoms with van der Waals surface area (Å²) in [5.74, 6) is 0.641. The molecule has 4 heteroatoms. The van der Waals surface area contributed by atoms with Gasteiger partial charge in [-0.05, 0) is 25.0 Å². The van der Waals surface area contributed by atoms with Crippen molar-refractivity contribution < 1.29 is 5.11 Å². The van der Waals surface area contributed by atoms with Gasteiger partial charge in [0.2, 0.25) is 0 Å². The van der Waals surface area contributed by atoms with Gasteiger partial charge in [0, 0.05) is 29.5 Å². The van der Waals surface area contributed by atoms with E-state index in [0.29, 0.717) is 16.4 Å². The highest BCUT2D eigenvalue weighted by atomic mass is 35.5. The van der Waals surface area contributed by atoms with Crippen LogP contribution in [-0.2, 0) is 6.54 Å². The van der Waals surface area contributed by atoms with Crippen molar-refractivity contribution in [2.24, 2.45) is 0 Å². The van der Waals surface area contributed by atoms with Gasteiger partial charge in [-0.1, -0.05) is 30.7 Å². The standard InChI is InChI=1S/C14H17ClN2O/c1-3-7-17-8-6-16-14(17)13(18)11-5-4-10(2)9-12(11)15/h4-6,8-9,13,18H,3,7H2,1-2H3. The third-order valence-corrected chi connectivity index (χ3v) is 3.23. The predicted octanol–water partition coefficient (Wildman–Crippen LogP) is 3.34. The molecule has 1 atom stereocenters. The molecule has 1 aromatic heterocycles. The molecule has 1 aromatic carbocycles. The monoisotopic (exact) mass is 264 g/mol. The molecule has 0 radical (unpaired) electrons. The lowest BCUT2D eigenvalue weighted by atomic mass is 10.1. The van der Waals surface area contributed by atoms with E-state index in [9.17, 15) is 5.11 Å². The summed E-state index contributed by atoms with van der Waals surface area (Å²) in [7, 11) is 0. The minimum Gasteiger partial charge on any atom is -0.380 e. The molecule has 0 aliphatic carbocycles. The fourth-order valence-electron chi connectivity index (χ4n) is 1.99. The molecule has 1 heterocycles. The number of aliphatic hydroxyl groups is 1. The van der Waals surface area contributed by atoms with Crippen LogP contribution in [0.3, 0.4) is 0 Å². The van der Waals surface area contributed by atoms with Crippen LogP contribution >= 0.6 is 11.6 Å². The Balaban J connectivity index is 2.35. The maximum atomic E-state index is 10.4. The number of imidazole rings is 1. The van der Waals surface area contributed by atoms with E-state index in [0.717, 1.165) is 18.5 Å². The Morgan fingerprint density at radius 1 is 1.44 bits per heavy atom. The van der Waals surface area contributed by atoms with E-state index in [1.807, 2.05) is 35.9 Å². The van der Waals surface area contributed by atoms with E-state index in [-0.39, 0.29) is 0 Å². The van der Waals surface area contributed by atoms with E-state index >= 15 is 0 Å². The molecule has 0 aliphatic rings. The Kier molecular flexibility index (Phi) is 4.04. The molecule has 1 N–H and O–H groups in total.